The highest BCUT2D eigenvalue weighted by Gasteiger charge is 2.44. The molecular weight excluding hydrogens is 710 g/mol. The molecule has 2 saturated carbocycles. The lowest BCUT2D eigenvalue weighted by Gasteiger charge is -2.30. The summed E-state index contributed by atoms with van der Waals surface area (Å²) in [6.45, 7) is 1.15. The summed E-state index contributed by atoms with van der Waals surface area (Å²) in [6, 6.07) is 11.3. The molecule has 13 heteroatoms. The van der Waals surface area contributed by atoms with Gasteiger partial charge in [0.05, 0.1) is 12.1 Å². The zero-order chi connectivity index (χ0) is 37.9. The van der Waals surface area contributed by atoms with E-state index in [9.17, 15) is 19.2 Å². The largest absolute Gasteiger partial charge is 0.446 e. The maximum atomic E-state index is 14.7. The molecule has 0 radical (unpaired) electrons. The quantitative estimate of drug-likeness (QED) is 0.109. The molecule has 0 bridgehead atoms. The predicted molar refractivity (Wildman–Crippen MR) is 205 cm³/mol. The van der Waals surface area contributed by atoms with Crippen molar-refractivity contribution in [1.29, 1.82) is 0 Å². The number of Topliss-reactive ketones (excluding diaryl/α,β-unsaturated/α-hetero) is 1. The summed E-state index contributed by atoms with van der Waals surface area (Å²) in [5.41, 5.74) is 7.53. The van der Waals surface area contributed by atoms with E-state index < -0.39 is 47.9 Å². The zero-order valence-corrected chi connectivity index (χ0v) is 31.8. The van der Waals surface area contributed by atoms with Crippen LogP contribution in [-0.2, 0) is 25.5 Å². The number of alkyl carbamates (subject to hydrolysis) is 1. The topological polar surface area (TPSA) is 166 Å². The van der Waals surface area contributed by atoms with Crippen molar-refractivity contribution < 1.29 is 33.1 Å². The molecule has 3 aliphatic rings. The van der Waals surface area contributed by atoms with Gasteiger partial charge in [0.15, 0.2) is 5.58 Å². The van der Waals surface area contributed by atoms with Gasteiger partial charge in [-0.25, -0.2) is 9.78 Å². The molecule has 2 aliphatic carbocycles. The first-order valence-corrected chi connectivity index (χ1v) is 20.2. The molecule has 292 valence electrons. The highest BCUT2D eigenvalue weighted by molar-refractivity contribution is 6.30. The van der Waals surface area contributed by atoms with Crippen LogP contribution in [0.5, 0.6) is 0 Å². The summed E-state index contributed by atoms with van der Waals surface area (Å²) in [5, 5.41) is 6.30. The number of oxazole rings is 1. The van der Waals surface area contributed by atoms with Crippen molar-refractivity contribution in [1.82, 2.24) is 20.5 Å². The van der Waals surface area contributed by atoms with E-state index >= 15 is 0 Å². The normalized spacial score (nSPS) is 20.7. The van der Waals surface area contributed by atoms with Gasteiger partial charge < -0.3 is 35.2 Å². The minimum atomic E-state index is -1.05. The molecule has 2 aromatic carbocycles. The van der Waals surface area contributed by atoms with E-state index in [4.69, 9.17) is 31.2 Å². The van der Waals surface area contributed by atoms with Gasteiger partial charge in [-0.15, -0.1) is 0 Å². The van der Waals surface area contributed by atoms with Crippen LogP contribution in [0.3, 0.4) is 0 Å². The van der Waals surface area contributed by atoms with Crippen LogP contribution in [0, 0.1) is 5.92 Å². The van der Waals surface area contributed by atoms with Gasteiger partial charge in [0, 0.05) is 31.0 Å². The molecule has 3 amide bonds. The first-order chi connectivity index (χ1) is 26.3. The van der Waals surface area contributed by atoms with Gasteiger partial charge in [-0.2, -0.15) is 0 Å². The minimum Gasteiger partial charge on any atom is -0.446 e. The van der Waals surface area contributed by atoms with Crippen molar-refractivity contribution in [3.63, 3.8) is 0 Å². The van der Waals surface area contributed by atoms with Gasteiger partial charge in [0.25, 0.3) is 5.89 Å². The number of fused-ring (bicyclic) bond motifs is 1. The lowest BCUT2D eigenvalue weighted by molar-refractivity contribution is -0.140. The second-order valence-electron chi connectivity index (χ2n) is 15.1. The molecule has 6 rings (SSSR count). The van der Waals surface area contributed by atoms with Crippen molar-refractivity contribution in [2.45, 2.75) is 127 Å². The third kappa shape index (κ3) is 10.8. The maximum Gasteiger partial charge on any atom is 0.408 e. The van der Waals surface area contributed by atoms with E-state index in [-0.39, 0.29) is 31.4 Å². The fourth-order valence-corrected chi connectivity index (χ4v) is 8.22. The molecule has 1 aromatic heterocycles. The number of rotatable bonds is 16. The second-order valence-corrected chi connectivity index (χ2v) is 15.5. The van der Waals surface area contributed by atoms with Crippen LogP contribution in [0.25, 0.3) is 11.1 Å². The summed E-state index contributed by atoms with van der Waals surface area (Å²) >= 11 is 6.32. The molecule has 54 heavy (non-hydrogen) atoms. The number of ether oxygens (including phenoxy) is 2. The van der Waals surface area contributed by atoms with Gasteiger partial charge in [0.2, 0.25) is 17.6 Å². The number of nitrogens with two attached hydrogens (primary N) is 1. The Balaban J connectivity index is 1.23. The number of amides is 3. The SMILES string of the molecule is NCCCC[C@H](NC(=O)[C@@H]1C[C@@H](OCC2CCCCC2)CN1C(=O)[C@@H](Cc1cccc(Cl)c1)NC(=O)OC1CCCCC1)C(=O)c1nc2ccccc2o1. The standard InChI is InChI=1S/C41H54ClN5O7/c42-29-15-11-14-28(22-29)23-34(46-41(51)53-30-16-5-2-6-17-30)40(50)47-25-31(52-26-27-12-3-1-4-13-27)24-35(47)38(49)44-33(19-9-10-21-43)37(48)39-45-32-18-7-8-20-36(32)54-39/h7-8,11,14-15,18,20,22,27,30-31,33-35H,1-6,9-10,12-13,16-17,19,21,23-26,43H2,(H,44,49)(H,46,51)/t31-,33+,34-,35+/m1/s1. The number of hydrogen-bond acceptors (Lipinski definition) is 9. The van der Waals surface area contributed by atoms with Crippen LogP contribution in [0.2, 0.25) is 5.02 Å². The predicted octanol–water partition coefficient (Wildman–Crippen LogP) is 6.51. The van der Waals surface area contributed by atoms with Gasteiger partial charge in [-0.05, 0) is 100 Å². The molecule has 2 heterocycles. The number of hydrogen-bond donors (Lipinski definition) is 3. The number of halogens is 1. The molecule has 3 aromatic rings. The highest BCUT2D eigenvalue weighted by Crippen LogP contribution is 2.28. The van der Waals surface area contributed by atoms with E-state index in [2.05, 4.69) is 15.6 Å². The Morgan fingerprint density at radius 3 is 2.41 bits per heavy atom. The Morgan fingerprint density at radius 2 is 1.67 bits per heavy atom. The highest BCUT2D eigenvalue weighted by atomic mass is 35.5. The minimum absolute atomic E-state index is 0.0930. The molecule has 3 fully saturated rings. The molecule has 0 spiro atoms. The zero-order valence-electron chi connectivity index (χ0n) is 31.0. The van der Waals surface area contributed by atoms with Gasteiger partial charge in [-0.3, -0.25) is 14.4 Å². The second kappa shape index (κ2) is 19.5. The van der Waals surface area contributed by atoms with E-state index in [1.165, 1.54) is 24.2 Å². The molecule has 0 unspecified atom stereocenters. The summed E-state index contributed by atoms with van der Waals surface area (Å²) in [4.78, 5) is 62.1. The number of nitrogens with one attached hydrogen (secondary N) is 2. The molecular formula is C41H54ClN5O7. The summed E-state index contributed by atoms with van der Waals surface area (Å²) in [7, 11) is 0. The number of carbonyl (C=O) groups excluding carboxylic acids is 4. The Morgan fingerprint density at radius 1 is 0.907 bits per heavy atom. The lowest BCUT2D eigenvalue weighted by Crippen LogP contribution is -2.56. The van der Waals surface area contributed by atoms with Crippen LogP contribution >= 0.6 is 11.6 Å². The number of unbranched alkanes of at least 4 members (excludes halogenated alkanes) is 1. The molecule has 4 atom stereocenters. The third-order valence-corrected chi connectivity index (χ3v) is 11.2. The van der Waals surface area contributed by atoms with Gasteiger partial charge in [-0.1, -0.05) is 61.5 Å². The Hall–Kier alpha value is -4.00. The average molecular weight is 764 g/mol. The first-order valence-electron chi connectivity index (χ1n) is 19.8. The van der Waals surface area contributed by atoms with E-state index in [1.54, 1.807) is 36.4 Å². The van der Waals surface area contributed by atoms with Crippen LogP contribution in [0.15, 0.2) is 52.9 Å². The van der Waals surface area contributed by atoms with Crippen LogP contribution in [0.1, 0.15) is 106 Å². The number of likely N-dealkylation sites (tertiary alicyclic amines) is 1. The molecule has 1 saturated heterocycles. The molecule has 1 aliphatic heterocycles. The van der Waals surface area contributed by atoms with Gasteiger partial charge >= 0.3 is 6.09 Å². The van der Waals surface area contributed by atoms with Crippen LogP contribution in [-0.4, -0.2) is 83.6 Å². The van der Waals surface area contributed by atoms with Crippen molar-refractivity contribution >= 4 is 46.4 Å². The van der Waals surface area contributed by atoms with Gasteiger partial charge in [0.1, 0.15) is 23.7 Å². The maximum absolute atomic E-state index is 14.7. The van der Waals surface area contributed by atoms with E-state index in [0.29, 0.717) is 54.5 Å². The number of nitrogens with zero attached hydrogens (tertiary/aromatic N) is 2. The monoisotopic (exact) mass is 763 g/mol. The third-order valence-electron chi connectivity index (χ3n) is 11.0. The van der Waals surface area contributed by atoms with E-state index in [1.807, 2.05) is 12.1 Å². The summed E-state index contributed by atoms with van der Waals surface area (Å²) in [6.07, 6.45) is 11.0. The fourth-order valence-electron chi connectivity index (χ4n) is 8.00. The van der Waals surface area contributed by atoms with Crippen molar-refractivity contribution in [2.24, 2.45) is 11.7 Å². The van der Waals surface area contributed by atoms with Crippen molar-refractivity contribution in [3.05, 3.63) is 65.0 Å². The lowest BCUT2D eigenvalue weighted by atomic mass is 9.90. The first kappa shape index (κ1) is 39.7. The average Bonchev–Trinajstić information content (AvgIpc) is 3.82. The number of ketones is 1. The van der Waals surface area contributed by atoms with Crippen molar-refractivity contribution in [3.8, 4) is 0 Å². The van der Waals surface area contributed by atoms with Crippen LogP contribution < -0.4 is 16.4 Å². The molecule has 12 nitrogen and oxygen atoms in total. The number of benzene rings is 2. The number of para-hydroxylation sites is 2. The van der Waals surface area contributed by atoms with Crippen LogP contribution in [0.4, 0.5) is 4.79 Å². The Labute approximate surface area is 322 Å². The molecule has 4 N–H and O–H groups in total. The summed E-state index contributed by atoms with van der Waals surface area (Å²) in [5.74, 6) is -1.04. The number of aromatic nitrogens is 1. The Bertz CT molecular complexity index is 1690. The van der Waals surface area contributed by atoms with Crippen molar-refractivity contribution in [2.75, 3.05) is 19.7 Å². The number of carbonyl (C=O) groups is 4. The summed E-state index contributed by atoms with van der Waals surface area (Å²) < 4.78 is 18.0. The smallest absolute Gasteiger partial charge is 0.408 e. The van der Waals surface area contributed by atoms with E-state index in [0.717, 1.165) is 50.5 Å². The fraction of sp³-hybridized carbons (Fsp3) is 0.585. The Kier molecular flexibility index (Phi) is 14.4.